The van der Waals surface area contributed by atoms with E-state index >= 15 is 0 Å². The van der Waals surface area contributed by atoms with Gasteiger partial charge in [-0.1, -0.05) is 11.6 Å². The van der Waals surface area contributed by atoms with E-state index in [-0.39, 0.29) is 40.8 Å². The molecular weight excluding hydrogens is 326 g/mol. The standard InChI is InChI=1S/C11H14ClNO5S2/c12-10-2-1-8(7-11(10)14)13-20(17,18)9-3-5-19(15,16)6-4-9/h1-2,7,9,13-14H,3-6H2. The summed E-state index contributed by atoms with van der Waals surface area (Å²) in [5.74, 6) is -0.465. The summed E-state index contributed by atoms with van der Waals surface area (Å²) in [6.07, 6.45) is 0.161. The van der Waals surface area contributed by atoms with Crippen molar-refractivity contribution in [2.75, 3.05) is 16.2 Å². The second kappa shape index (κ2) is 5.42. The van der Waals surface area contributed by atoms with Gasteiger partial charge in [-0.3, -0.25) is 4.72 Å². The Morgan fingerprint density at radius 3 is 2.40 bits per heavy atom. The molecule has 6 nitrogen and oxygen atoms in total. The molecule has 1 aromatic rings. The van der Waals surface area contributed by atoms with E-state index in [1.165, 1.54) is 18.2 Å². The minimum atomic E-state index is -3.68. The second-order valence-corrected chi connectivity index (χ2v) is 9.34. The van der Waals surface area contributed by atoms with Gasteiger partial charge in [0.2, 0.25) is 10.0 Å². The molecule has 1 aliphatic heterocycles. The van der Waals surface area contributed by atoms with Crippen molar-refractivity contribution in [3.05, 3.63) is 23.2 Å². The fraction of sp³-hybridized carbons (Fsp3) is 0.455. The number of hydrogen-bond donors (Lipinski definition) is 2. The number of benzene rings is 1. The summed E-state index contributed by atoms with van der Waals surface area (Å²) < 4.78 is 49.2. The molecule has 9 heteroatoms. The highest BCUT2D eigenvalue weighted by molar-refractivity contribution is 7.94. The average molecular weight is 340 g/mol. The van der Waals surface area contributed by atoms with Crippen LogP contribution < -0.4 is 4.72 Å². The highest BCUT2D eigenvalue weighted by atomic mass is 35.5. The topological polar surface area (TPSA) is 101 Å². The largest absolute Gasteiger partial charge is 0.506 e. The molecule has 0 unspecified atom stereocenters. The molecule has 112 valence electrons. The van der Waals surface area contributed by atoms with Crippen LogP contribution in [0, 0.1) is 0 Å². The molecule has 0 spiro atoms. The third-order valence-corrected chi connectivity index (χ3v) is 7.05. The van der Waals surface area contributed by atoms with E-state index in [1.807, 2.05) is 0 Å². The molecule has 1 aliphatic rings. The van der Waals surface area contributed by atoms with Crippen molar-refractivity contribution >= 4 is 37.1 Å². The molecule has 1 aromatic carbocycles. The van der Waals surface area contributed by atoms with Crippen LogP contribution in [0.1, 0.15) is 12.8 Å². The molecule has 2 rings (SSSR count). The van der Waals surface area contributed by atoms with E-state index in [9.17, 15) is 21.9 Å². The highest BCUT2D eigenvalue weighted by Gasteiger charge is 2.32. The summed E-state index contributed by atoms with van der Waals surface area (Å²) in [5, 5.41) is 8.81. The number of hydrogen-bond acceptors (Lipinski definition) is 5. The number of sulfonamides is 1. The van der Waals surface area contributed by atoms with Crippen LogP contribution in [0.3, 0.4) is 0 Å². The molecule has 1 heterocycles. The van der Waals surface area contributed by atoms with Crippen LogP contribution in [0.2, 0.25) is 5.02 Å². The minimum Gasteiger partial charge on any atom is -0.506 e. The fourth-order valence-electron chi connectivity index (χ4n) is 2.00. The molecule has 0 bridgehead atoms. The smallest absolute Gasteiger partial charge is 0.235 e. The number of sulfone groups is 1. The number of phenolic OH excluding ortho intramolecular Hbond substituents is 1. The third-order valence-electron chi connectivity index (χ3n) is 3.15. The molecule has 0 aromatic heterocycles. The molecule has 0 atom stereocenters. The monoisotopic (exact) mass is 339 g/mol. The van der Waals surface area contributed by atoms with Gasteiger partial charge in [-0.2, -0.15) is 0 Å². The number of nitrogens with one attached hydrogen (secondary N) is 1. The Labute approximate surface area is 122 Å². The number of halogens is 1. The molecule has 1 saturated heterocycles. The zero-order chi connectivity index (χ0) is 15.0. The maximum absolute atomic E-state index is 12.1. The molecule has 0 radical (unpaired) electrons. The Morgan fingerprint density at radius 1 is 1.25 bits per heavy atom. The van der Waals surface area contributed by atoms with Gasteiger partial charge in [0.15, 0.2) is 0 Å². The summed E-state index contributed by atoms with van der Waals surface area (Å²) in [7, 11) is -6.80. The first-order chi connectivity index (χ1) is 9.20. The van der Waals surface area contributed by atoms with Crippen molar-refractivity contribution in [1.82, 2.24) is 0 Å². The number of rotatable bonds is 3. The van der Waals surface area contributed by atoms with Crippen LogP contribution in [0.5, 0.6) is 5.75 Å². The van der Waals surface area contributed by atoms with E-state index < -0.39 is 25.1 Å². The number of phenols is 1. The average Bonchev–Trinajstić information content (AvgIpc) is 2.33. The van der Waals surface area contributed by atoms with E-state index in [2.05, 4.69) is 4.72 Å². The SMILES string of the molecule is O=S1(=O)CCC(S(=O)(=O)Nc2ccc(Cl)c(O)c2)CC1. The van der Waals surface area contributed by atoms with E-state index in [0.717, 1.165) is 0 Å². The van der Waals surface area contributed by atoms with Crippen molar-refractivity contribution < 1.29 is 21.9 Å². The maximum atomic E-state index is 12.1. The summed E-state index contributed by atoms with van der Waals surface area (Å²) in [6.45, 7) is 0. The quantitative estimate of drug-likeness (QED) is 0.866. The van der Waals surface area contributed by atoms with Gasteiger partial charge in [0.1, 0.15) is 15.6 Å². The summed E-state index contributed by atoms with van der Waals surface area (Å²) in [5.41, 5.74) is 0.195. The van der Waals surface area contributed by atoms with Crippen molar-refractivity contribution in [2.45, 2.75) is 18.1 Å². The van der Waals surface area contributed by atoms with Crippen LogP contribution in [0.15, 0.2) is 18.2 Å². The van der Waals surface area contributed by atoms with Gasteiger partial charge in [0.05, 0.1) is 27.5 Å². The Kier molecular flexibility index (Phi) is 4.17. The number of aromatic hydroxyl groups is 1. The first-order valence-electron chi connectivity index (χ1n) is 5.90. The van der Waals surface area contributed by atoms with Crippen LogP contribution in [0.4, 0.5) is 5.69 Å². The van der Waals surface area contributed by atoms with E-state index in [4.69, 9.17) is 11.6 Å². The fourth-order valence-corrected chi connectivity index (χ4v) is 5.39. The summed E-state index contributed by atoms with van der Waals surface area (Å²) in [4.78, 5) is 0. The molecule has 20 heavy (non-hydrogen) atoms. The lowest BCUT2D eigenvalue weighted by molar-refractivity contribution is 0.476. The van der Waals surface area contributed by atoms with Gasteiger partial charge in [-0.25, -0.2) is 16.8 Å². The Balaban J connectivity index is 2.13. The van der Waals surface area contributed by atoms with Gasteiger partial charge in [-0.05, 0) is 25.0 Å². The van der Waals surface area contributed by atoms with Gasteiger partial charge in [-0.15, -0.1) is 0 Å². The van der Waals surface area contributed by atoms with Crippen molar-refractivity contribution in [2.24, 2.45) is 0 Å². The Bertz CT molecular complexity index is 700. The molecular formula is C11H14ClNO5S2. The second-order valence-electron chi connectivity index (χ2n) is 4.66. The first kappa shape index (κ1) is 15.4. The van der Waals surface area contributed by atoms with Crippen LogP contribution in [-0.2, 0) is 19.9 Å². The minimum absolute atomic E-state index is 0.0806. The zero-order valence-corrected chi connectivity index (χ0v) is 12.8. The molecule has 0 amide bonds. The highest BCUT2D eigenvalue weighted by Crippen LogP contribution is 2.28. The number of anilines is 1. The van der Waals surface area contributed by atoms with Crippen molar-refractivity contribution in [1.29, 1.82) is 0 Å². The first-order valence-corrected chi connectivity index (χ1v) is 9.65. The van der Waals surface area contributed by atoms with Crippen LogP contribution in [-0.4, -0.2) is 38.7 Å². The van der Waals surface area contributed by atoms with Gasteiger partial charge in [0, 0.05) is 6.07 Å². The van der Waals surface area contributed by atoms with Crippen LogP contribution >= 0.6 is 11.6 Å². The van der Waals surface area contributed by atoms with Crippen molar-refractivity contribution in [3.8, 4) is 5.75 Å². The molecule has 0 aliphatic carbocycles. The van der Waals surface area contributed by atoms with Crippen LogP contribution in [0.25, 0.3) is 0 Å². The predicted octanol–water partition coefficient (Wildman–Crippen LogP) is 1.36. The van der Waals surface area contributed by atoms with Gasteiger partial charge in [0.25, 0.3) is 0 Å². The lowest BCUT2D eigenvalue weighted by Gasteiger charge is -2.22. The lowest BCUT2D eigenvalue weighted by atomic mass is 10.2. The lowest BCUT2D eigenvalue weighted by Crippen LogP contribution is -2.35. The maximum Gasteiger partial charge on any atom is 0.235 e. The normalized spacial score (nSPS) is 19.6. The molecule has 2 N–H and O–H groups in total. The predicted molar refractivity (Wildman–Crippen MR) is 77.3 cm³/mol. The van der Waals surface area contributed by atoms with Crippen molar-refractivity contribution in [3.63, 3.8) is 0 Å². The molecule has 0 saturated carbocycles. The van der Waals surface area contributed by atoms with Gasteiger partial charge >= 0.3 is 0 Å². The summed E-state index contributed by atoms with van der Waals surface area (Å²) in [6, 6.07) is 4.01. The Hall–Kier alpha value is -0.990. The summed E-state index contributed by atoms with van der Waals surface area (Å²) >= 11 is 5.64. The van der Waals surface area contributed by atoms with Gasteiger partial charge < -0.3 is 5.11 Å². The van der Waals surface area contributed by atoms with E-state index in [1.54, 1.807) is 0 Å². The zero-order valence-electron chi connectivity index (χ0n) is 10.4. The van der Waals surface area contributed by atoms with E-state index in [0.29, 0.717) is 0 Å². The Morgan fingerprint density at radius 2 is 1.85 bits per heavy atom. The molecule has 1 fully saturated rings. The third kappa shape index (κ3) is 3.56.